The SMILES string of the molecule is COc1cc(F)c([N+](=O)[O-])c(NCC2C3Cc4ccccc4C23)c1. The fraction of sp³-hybridized carbons (Fsp3) is 0.333. The lowest BCUT2D eigenvalue weighted by molar-refractivity contribution is -0.386. The van der Waals surface area contributed by atoms with Crippen molar-refractivity contribution in [2.75, 3.05) is 19.0 Å². The molecule has 5 nitrogen and oxygen atoms in total. The van der Waals surface area contributed by atoms with Crippen molar-refractivity contribution in [3.05, 3.63) is 63.5 Å². The number of nitrogens with zero attached hydrogens (tertiary/aromatic N) is 1. The summed E-state index contributed by atoms with van der Waals surface area (Å²) in [5.74, 6) is 0.923. The van der Waals surface area contributed by atoms with Gasteiger partial charge >= 0.3 is 5.69 Å². The number of nitrogens with one attached hydrogen (secondary N) is 1. The van der Waals surface area contributed by atoms with Crippen molar-refractivity contribution in [3.8, 4) is 5.75 Å². The molecule has 0 heterocycles. The Kier molecular flexibility index (Phi) is 3.40. The number of benzene rings is 2. The fourth-order valence-electron chi connectivity index (χ4n) is 4.00. The topological polar surface area (TPSA) is 64.4 Å². The second-order valence-corrected chi connectivity index (χ2v) is 6.40. The quantitative estimate of drug-likeness (QED) is 0.671. The minimum atomic E-state index is -0.886. The lowest BCUT2D eigenvalue weighted by Crippen LogP contribution is -2.10. The lowest BCUT2D eigenvalue weighted by Gasteiger charge is -2.11. The van der Waals surface area contributed by atoms with E-state index in [1.807, 2.05) is 6.07 Å². The standard InChI is InChI=1S/C18H17FN2O3/c1-24-11-7-15(19)18(21(22)23)16(8-11)20-9-14-13-6-10-4-2-3-5-12(10)17(13)14/h2-5,7-8,13-14,17,20H,6,9H2,1H3. The molecule has 24 heavy (non-hydrogen) atoms. The molecule has 3 unspecified atom stereocenters. The fourth-order valence-corrected chi connectivity index (χ4v) is 4.00. The highest BCUT2D eigenvalue weighted by Crippen LogP contribution is 2.61. The number of anilines is 1. The molecule has 0 aliphatic heterocycles. The molecule has 0 bridgehead atoms. The van der Waals surface area contributed by atoms with Crippen LogP contribution in [0.5, 0.6) is 5.75 Å². The van der Waals surface area contributed by atoms with Gasteiger partial charge in [0.2, 0.25) is 5.82 Å². The molecule has 2 aliphatic carbocycles. The smallest absolute Gasteiger partial charge is 0.327 e. The van der Waals surface area contributed by atoms with Crippen LogP contribution in [0.2, 0.25) is 0 Å². The summed E-state index contributed by atoms with van der Waals surface area (Å²) < 4.78 is 19.0. The molecule has 2 aromatic carbocycles. The minimum Gasteiger partial charge on any atom is -0.497 e. The zero-order valence-electron chi connectivity index (χ0n) is 13.2. The van der Waals surface area contributed by atoms with Crippen LogP contribution in [0.4, 0.5) is 15.8 Å². The summed E-state index contributed by atoms with van der Waals surface area (Å²) in [5.41, 5.74) is 2.44. The van der Waals surface area contributed by atoms with Gasteiger partial charge in [-0.05, 0) is 35.3 Å². The van der Waals surface area contributed by atoms with Crippen LogP contribution in [0.15, 0.2) is 36.4 Å². The Labute approximate surface area is 138 Å². The third kappa shape index (κ3) is 2.29. The summed E-state index contributed by atoms with van der Waals surface area (Å²) in [4.78, 5) is 10.5. The van der Waals surface area contributed by atoms with E-state index in [-0.39, 0.29) is 11.4 Å². The third-order valence-electron chi connectivity index (χ3n) is 5.18. The summed E-state index contributed by atoms with van der Waals surface area (Å²) in [5, 5.41) is 14.2. The molecule has 2 aliphatic rings. The zero-order valence-corrected chi connectivity index (χ0v) is 13.2. The van der Waals surface area contributed by atoms with Crippen LogP contribution in [-0.4, -0.2) is 18.6 Å². The van der Waals surface area contributed by atoms with Crippen molar-refractivity contribution in [1.82, 2.24) is 0 Å². The molecule has 124 valence electrons. The van der Waals surface area contributed by atoms with E-state index in [9.17, 15) is 14.5 Å². The number of ether oxygens (including phenoxy) is 1. The van der Waals surface area contributed by atoms with Gasteiger partial charge in [0.15, 0.2) is 0 Å². The van der Waals surface area contributed by atoms with Crippen LogP contribution in [-0.2, 0) is 6.42 Å². The highest BCUT2D eigenvalue weighted by Gasteiger charge is 2.54. The van der Waals surface area contributed by atoms with Crippen molar-refractivity contribution in [2.24, 2.45) is 11.8 Å². The van der Waals surface area contributed by atoms with Crippen molar-refractivity contribution < 1.29 is 14.1 Å². The van der Waals surface area contributed by atoms with Gasteiger partial charge in [-0.15, -0.1) is 0 Å². The first-order chi connectivity index (χ1) is 11.6. The number of hydrogen-bond acceptors (Lipinski definition) is 4. The second kappa shape index (κ2) is 5.47. The Hall–Kier alpha value is -2.63. The Bertz CT molecular complexity index is 824. The van der Waals surface area contributed by atoms with Crippen LogP contribution >= 0.6 is 0 Å². The highest BCUT2D eigenvalue weighted by molar-refractivity contribution is 5.65. The van der Waals surface area contributed by atoms with Gasteiger partial charge in [0.1, 0.15) is 11.4 Å². The minimum absolute atomic E-state index is 0.176. The van der Waals surface area contributed by atoms with Crippen LogP contribution in [0.1, 0.15) is 17.0 Å². The number of rotatable bonds is 5. The summed E-state index contributed by atoms with van der Waals surface area (Å²) in [6.45, 7) is 0.594. The second-order valence-electron chi connectivity index (χ2n) is 6.40. The van der Waals surface area contributed by atoms with E-state index in [1.165, 1.54) is 24.3 Å². The summed E-state index contributed by atoms with van der Waals surface area (Å²) in [7, 11) is 1.41. The van der Waals surface area contributed by atoms with Crippen molar-refractivity contribution in [2.45, 2.75) is 12.3 Å². The van der Waals surface area contributed by atoms with E-state index >= 15 is 0 Å². The summed E-state index contributed by atoms with van der Waals surface area (Å²) in [6, 6.07) is 10.9. The number of nitro groups is 1. The summed E-state index contributed by atoms with van der Waals surface area (Å²) >= 11 is 0. The molecule has 2 aromatic rings. The Morgan fingerprint density at radius 2 is 2.17 bits per heavy atom. The van der Waals surface area contributed by atoms with E-state index < -0.39 is 16.4 Å². The van der Waals surface area contributed by atoms with Crippen LogP contribution < -0.4 is 10.1 Å². The molecular formula is C18H17FN2O3. The van der Waals surface area contributed by atoms with Crippen LogP contribution in [0, 0.1) is 27.8 Å². The molecular weight excluding hydrogens is 311 g/mol. The molecule has 0 saturated heterocycles. The van der Waals surface area contributed by atoms with Gasteiger partial charge in [-0.25, -0.2) is 0 Å². The molecule has 6 heteroatoms. The number of methoxy groups -OCH3 is 1. The Morgan fingerprint density at radius 1 is 1.38 bits per heavy atom. The normalized spacial score (nSPS) is 23.3. The van der Waals surface area contributed by atoms with Gasteiger partial charge in [-0.1, -0.05) is 24.3 Å². The zero-order chi connectivity index (χ0) is 16.8. The average molecular weight is 328 g/mol. The molecule has 1 saturated carbocycles. The van der Waals surface area contributed by atoms with E-state index in [0.29, 0.717) is 24.3 Å². The predicted octanol–water partition coefficient (Wildman–Crippen LogP) is 3.74. The molecule has 0 aromatic heterocycles. The van der Waals surface area contributed by atoms with Gasteiger partial charge in [-0.3, -0.25) is 10.1 Å². The van der Waals surface area contributed by atoms with Crippen molar-refractivity contribution in [1.29, 1.82) is 0 Å². The molecule has 0 amide bonds. The highest BCUT2D eigenvalue weighted by atomic mass is 19.1. The molecule has 0 radical (unpaired) electrons. The maximum absolute atomic E-state index is 14.0. The summed E-state index contributed by atoms with van der Waals surface area (Å²) in [6.07, 6.45) is 1.06. The monoisotopic (exact) mass is 328 g/mol. The lowest BCUT2D eigenvalue weighted by atomic mass is 10.0. The Morgan fingerprint density at radius 3 is 2.92 bits per heavy atom. The van der Waals surface area contributed by atoms with Crippen molar-refractivity contribution >= 4 is 11.4 Å². The third-order valence-corrected chi connectivity index (χ3v) is 5.18. The number of fused-ring (bicyclic) bond motifs is 3. The van der Waals surface area contributed by atoms with Crippen LogP contribution in [0.3, 0.4) is 0 Å². The van der Waals surface area contributed by atoms with Crippen LogP contribution in [0.25, 0.3) is 0 Å². The first kappa shape index (κ1) is 14.9. The van der Waals surface area contributed by atoms with E-state index in [1.54, 1.807) is 0 Å². The van der Waals surface area contributed by atoms with Gasteiger partial charge in [0, 0.05) is 18.7 Å². The maximum atomic E-state index is 14.0. The molecule has 0 spiro atoms. The van der Waals surface area contributed by atoms with Crippen molar-refractivity contribution in [3.63, 3.8) is 0 Å². The molecule has 4 rings (SSSR count). The number of nitro benzene ring substituents is 1. The first-order valence-corrected chi connectivity index (χ1v) is 7.93. The molecule has 1 fully saturated rings. The first-order valence-electron chi connectivity index (χ1n) is 7.93. The number of halogens is 1. The van der Waals surface area contributed by atoms with Gasteiger partial charge in [-0.2, -0.15) is 4.39 Å². The van der Waals surface area contributed by atoms with E-state index in [4.69, 9.17) is 4.74 Å². The molecule has 3 atom stereocenters. The van der Waals surface area contributed by atoms with E-state index in [2.05, 4.69) is 23.5 Å². The maximum Gasteiger partial charge on any atom is 0.327 e. The van der Waals surface area contributed by atoms with E-state index in [0.717, 1.165) is 12.5 Å². The van der Waals surface area contributed by atoms with Gasteiger partial charge in [0.25, 0.3) is 0 Å². The predicted molar refractivity (Wildman–Crippen MR) is 88.0 cm³/mol. The largest absolute Gasteiger partial charge is 0.497 e. The Balaban J connectivity index is 1.52. The number of hydrogen-bond donors (Lipinski definition) is 1. The van der Waals surface area contributed by atoms with Gasteiger partial charge in [0.05, 0.1) is 12.0 Å². The van der Waals surface area contributed by atoms with Gasteiger partial charge < -0.3 is 10.1 Å². The molecule has 1 N–H and O–H groups in total. The average Bonchev–Trinajstić information content (AvgIpc) is 3.10.